The molecule has 0 atom stereocenters. The van der Waals surface area contributed by atoms with E-state index in [1.807, 2.05) is 60.5 Å². The molecule has 4 nitrogen and oxygen atoms in total. The van der Waals surface area contributed by atoms with Crippen LogP contribution in [-0.2, 0) is 4.74 Å². The highest BCUT2D eigenvalue weighted by atomic mass is 16.5. The number of allylic oxidation sites excluding steroid dienone is 1. The average Bonchev–Trinajstić information content (AvgIpc) is 3.09. The van der Waals surface area contributed by atoms with Gasteiger partial charge in [0, 0.05) is 42.6 Å². The summed E-state index contributed by atoms with van der Waals surface area (Å²) in [6.45, 7) is 9.32. The number of para-hydroxylation sites is 3. The summed E-state index contributed by atoms with van der Waals surface area (Å²) in [6.07, 6.45) is 2.81. The Morgan fingerprint density at radius 2 is 1.20 bits per heavy atom. The molecule has 0 aliphatic rings. The van der Waals surface area contributed by atoms with Crippen LogP contribution in [0.5, 0.6) is 0 Å². The molecule has 0 radical (unpaired) electrons. The summed E-state index contributed by atoms with van der Waals surface area (Å²) in [4.78, 5) is 9.30. The van der Waals surface area contributed by atoms with Crippen LogP contribution in [0.4, 0.5) is 22.7 Å². The second-order valence-electron chi connectivity index (χ2n) is 10.4. The largest absolute Gasteiger partial charge is 0.430 e. The van der Waals surface area contributed by atoms with E-state index in [4.69, 9.17) is 9.73 Å². The zero-order valence-electron chi connectivity index (χ0n) is 25.7. The van der Waals surface area contributed by atoms with Crippen molar-refractivity contribution in [1.29, 1.82) is 0 Å². The fourth-order valence-electron chi connectivity index (χ4n) is 4.87. The van der Waals surface area contributed by atoms with E-state index in [9.17, 15) is 0 Å². The first-order valence-electron chi connectivity index (χ1n) is 15.1. The van der Waals surface area contributed by atoms with Crippen molar-refractivity contribution < 1.29 is 4.74 Å². The molecule has 0 spiro atoms. The first kappa shape index (κ1) is 30.1. The van der Waals surface area contributed by atoms with Crippen molar-refractivity contribution in [3.63, 3.8) is 0 Å². The van der Waals surface area contributed by atoms with Crippen LogP contribution in [0.1, 0.15) is 37.0 Å². The summed E-state index contributed by atoms with van der Waals surface area (Å²) in [5, 5.41) is 0. The van der Waals surface area contributed by atoms with E-state index >= 15 is 0 Å². The van der Waals surface area contributed by atoms with Gasteiger partial charge in [0.2, 0.25) is 0 Å². The van der Waals surface area contributed by atoms with Crippen molar-refractivity contribution in [3.05, 3.63) is 169 Å². The molecular formula is C40H39N3O. The van der Waals surface area contributed by atoms with Gasteiger partial charge in [0.05, 0.1) is 5.69 Å². The van der Waals surface area contributed by atoms with Gasteiger partial charge in [-0.3, -0.25) is 0 Å². The Balaban J connectivity index is 1.43. The molecule has 0 bridgehead atoms. The fourth-order valence-corrected chi connectivity index (χ4v) is 4.87. The van der Waals surface area contributed by atoms with Crippen molar-refractivity contribution in [2.45, 2.75) is 20.3 Å². The Hall–Kier alpha value is -5.35. The van der Waals surface area contributed by atoms with E-state index in [1.54, 1.807) is 0 Å². The van der Waals surface area contributed by atoms with Crippen LogP contribution >= 0.6 is 0 Å². The molecule has 0 saturated carbocycles. The van der Waals surface area contributed by atoms with Crippen LogP contribution in [0.2, 0.25) is 0 Å². The van der Waals surface area contributed by atoms with E-state index in [0.29, 0.717) is 6.02 Å². The summed E-state index contributed by atoms with van der Waals surface area (Å²) in [6, 6.07) is 48.2. The smallest absolute Gasteiger partial charge is 0.297 e. The maximum absolute atomic E-state index is 6.51. The Labute approximate surface area is 261 Å². The molecule has 0 fully saturated rings. The molecule has 0 aliphatic carbocycles. The highest BCUT2D eigenvalue weighted by Crippen LogP contribution is 2.34. The number of hydrogen-bond donors (Lipinski definition) is 0. The van der Waals surface area contributed by atoms with Crippen molar-refractivity contribution in [1.82, 2.24) is 4.90 Å². The predicted octanol–water partition coefficient (Wildman–Crippen LogP) is 10.6. The molecular weight excluding hydrogens is 538 g/mol. The van der Waals surface area contributed by atoms with Gasteiger partial charge in [-0.15, -0.1) is 0 Å². The number of ether oxygens (including phenoxy) is 1. The van der Waals surface area contributed by atoms with Gasteiger partial charge < -0.3 is 14.5 Å². The highest BCUT2D eigenvalue weighted by Gasteiger charge is 2.14. The minimum atomic E-state index is 0.546. The molecule has 5 aromatic rings. The standard InChI is InChI=1S/C40H39N3O/c1-5-37(30-32-26-28-36(29-27-32)43(34-20-12-8-13-21-34)35-22-14-9-15-23-35)44-40(42(4)6-2)41-39-25-17-16-24-38(39)31(3)33-18-10-7-11-19-33/h7-30H,3,5-6H2,1-2,4H3/b37-30+,41-40-. The molecule has 0 saturated heterocycles. The molecule has 0 aromatic heterocycles. The fraction of sp³-hybridized carbons (Fsp3) is 0.125. The van der Waals surface area contributed by atoms with Gasteiger partial charge in [-0.05, 0) is 72.2 Å². The van der Waals surface area contributed by atoms with Gasteiger partial charge in [-0.25, -0.2) is 0 Å². The normalized spacial score (nSPS) is 11.6. The van der Waals surface area contributed by atoms with Gasteiger partial charge in [-0.1, -0.05) is 111 Å². The lowest BCUT2D eigenvalue weighted by molar-refractivity contribution is 0.319. The van der Waals surface area contributed by atoms with Gasteiger partial charge in [0.1, 0.15) is 5.76 Å². The third-order valence-electron chi connectivity index (χ3n) is 7.45. The van der Waals surface area contributed by atoms with Gasteiger partial charge in [-0.2, -0.15) is 4.99 Å². The topological polar surface area (TPSA) is 28.1 Å². The molecule has 0 heterocycles. The van der Waals surface area contributed by atoms with Crippen molar-refractivity contribution >= 4 is 40.4 Å². The van der Waals surface area contributed by atoms with Gasteiger partial charge in [0.25, 0.3) is 6.02 Å². The van der Waals surface area contributed by atoms with Crippen LogP contribution in [-0.4, -0.2) is 24.5 Å². The molecule has 220 valence electrons. The lowest BCUT2D eigenvalue weighted by Crippen LogP contribution is -2.28. The van der Waals surface area contributed by atoms with Crippen LogP contribution in [0.15, 0.2) is 157 Å². The van der Waals surface area contributed by atoms with E-state index in [2.05, 4.69) is 122 Å². The third-order valence-corrected chi connectivity index (χ3v) is 7.45. The number of amidine groups is 1. The maximum atomic E-state index is 6.51. The number of rotatable bonds is 10. The third kappa shape index (κ3) is 7.34. The zero-order chi connectivity index (χ0) is 30.7. The summed E-state index contributed by atoms with van der Waals surface area (Å²) in [5.74, 6) is 0.833. The summed E-state index contributed by atoms with van der Waals surface area (Å²) < 4.78 is 6.51. The lowest BCUT2D eigenvalue weighted by Gasteiger charge is -2.25. The molecule has 0 N–H and O–H groups in total. The van der Waals surface area contributed by atoms with E-state index in [0.717, 1.165) is 63.7 Å². The Bertz CT molecular complexity index is 1670. The molecule has 4 heteroatoms. The Morgan fingerprint density at radius 3 is 1.77 bits per heavy atom. The minimum Gasteiger partial charge on any atom is -0.430 e. The Morgan fingerprint density at radius 1 is 0.682 bits per heavy atom. The second kappa shape index (κ2) is 14.7. The molecule has 44 heavy (non-hydrogen) atoms. The minimum absolute atomic E-state index is 0.546. The molecule has 5 rings (SSSR count). The Kier molecular flexibility index (Phi) is 10.1. The van der Waals surface area contributed by atoms with E-state index in [1.165, 1.54) is 0 Å². The molecule has 5 aromatic carbocycles. The monoisotopic (exact) mass is 577 g/mol. The van der Waals surface area contributed by atoms with Crippen molar-refractivity contribution in [2.75, 3.05) is 18.5 Å². The van der Waals surface area contributed by atoms with Crippen LogP contribution in [0.25, 0.3) is 11.6 Å². The SMILES string of the molecule is C=C(c1ccccc1)c1ccccc1/N=C(\O/C(=C/c1ccc(N(c2ccccc2)c2ccccc2)cc1)CC)N(C)CC. The number of hydrogen-bond acceptors (Lipinski definition) is 3. The maximum Gasteiger partial charge on any atom is 0.297 e. The van der Waals surface area contributed by atoms with Gasteiger partial charge >= 0.3 is 0 Å². The van der Waals surface area contributed by atoms with E-state index < -0.39 is 0 Å². The summed E-state index contributed by atoms with van der Waals surface area (Å²) in [5.41, 5.74) is 8.15. The van der Waals surface area contributed by atoms with Crippen LogP contribution in [0, 0.1) is 0 Å². The van der Waals surface area contributed by atoms with Crippen molar-refractivity contribution in [3.8, 4) is 0 Å². The summed E-state index contributed by atoms with van der Waals surface area (Å²) in [7, 11) is 2.00. The zero-order valence-corrected chi connectivity index (χ0v) is 25.7. The van der Waals surface area contributed by atoms with E-state index in [-0.39, 0.29) is 0 Å². The average molecular weight is 578 g/mol. The van der Waals surface area contributed by atoms with Crippen LogP contribution < -0.4 is 4.90 Å². The molecule has 0 aliphatic heterocycles. The first-order valence-corrected chi connectivity index (χ1v) is 15.1. The first-order chi connectivity index (χ1) is 21.6. The highest BCUT2D eigenvalue weighted by molar-refractivity contribution is 5.87. The number of benzene rings is 5. The quantitative estimate of drug-likeness (QED) is 0.0939. The van der Waals surface area contributed by atoms with Crippen LogP contribution in [0.3, 0.4) is 0 Å². The summed E-state index contributed by atoms with van der Waals surface area (Å²) >= 11 is 0. The molecule has 0 amide bonds. The van der Waals surface area contributed by atoms with Gasteiger partial charge in [0.15, 0.2) is 0 Å². The molecule has 0 unspecified atom stereocenters. The van der Waals surface area contributed by atoms with Crippen molar-refractivity contribution in [2.24, 2.45) is 4.99 Å². The lowest BCUT2D eigenvalue weighted by atomic mass is 9.98. The number of aliphatic imine (C=N–C) groups is 1. The second-order valence-corrected chi connectivity index (χ2v) is 10.4. The number of anilines is 3. The predicted molar refractivity (Wildman–Crippen MR) is 187 cm³/mol. The number of nitrogens with zero attached hydrogens (tertiary/aromatic N) is 3.